The minimum atomic E-state index is -0.243. The Balaban J connectivity index is 2.01. The monoisotopic (exact) mass is 454 g/mol. The Morgan fingerprint density at radius 3 is 1.91 bits per heavy atom. The summed E-state index contributed by atoms with van der Waals surface area (Å²) in [5.41, 5.74) is 6.85. The van der Waals surface area contributed by atoms with Crippen LogP contribution in [0.5, 0.6) is 0 Å². The van der Waals surface area contributed by atoms with Crippen molar-refractivity contribution in [3.8, 4) is 17.2 Å². The fourth-order valence-corrected chi connectivity index (χ4v) is 4.56. The Labute approximate surface area is 204 Å². The number of benzene rings is 2. The van der Waals surface area contributed by atoms with Gasteiger partial charge in [-0.05, 0) is 42.4 Å². The number of aromatic nitrogens is 4. The second kappa shape index (κ2) is 9.25. The van der Waals surface area contributed by atoms with Crippen molar-refractivity contribution in [1.29, 1.82) is 0 Å². The zero-order valence-corrected chi connectivity index (χ0v) is 21.9. The highest BCUT2D eigenvalue weighted by Crippen LogP contribution is 2.37. The van der Waals surface area contributed by atoms with Gasteiger partial charge in [0.1, 0.15) is 5.69 Å². The lowest BCUT2D eigenvalue weighted by molar-refractivity contribution is 0.600. The van der Waals surface area contributed by atoms with Crippen molar-refractivity contribution in [3.63, 3.8) is 0 Å². The summed E-state index contributed by atoms with van der Waals surface area (Å²) in [6.07, 6.45) is 6.28. The minimum absolute atomic E-state index is 0.243. The summed E-state index contributed by atoms with van der Waals surface area (Å²) in [6.45, 7) is 17.9. The molecule has 4 aromatic rings. The van der Waals surface area contributed by atoms with Crippen molar-refractivity contribution in [2.75, 3.05) is 0 Å². The minimum Gasteiger partial charge on any atom is -0.334 e. The predicted octanol–water partition coefficient (Wildman–Crippen LogP) is 7.89. The molecule has 0 amide bonds. The summed E-state index contributed by atoms with van der Waals surface area (Å²) in [6, 6.07) is 17.7. The third-order valence-corrected chi connectivity index (χ3v) is 6.85. The van der Waals surface area contributed by atoms with Gasteiger partial charge in [-0.3, -0.25) is 4.57 Å². The Hall–Kier alpha value is -3.14. The van der Waals surface area contributed by atoms with Gasteiger partial charge in [0.15, 0.2) is 5.82 Å². The van der Waals surface area contributed by atoms with Gasteiger partial charge in [-0.15, -0.1) is 0 Å². The Morgan fingerprint density at radius 2 is 1.38 bits per heavy atom. The molecule has 2 aromatic heterocycles. The van der Waals surface area contributed by atoms with Gasteiger partial charge in [-0.2, -0.15) is 0 Å². The van der Waals surface area contributed by atoms with Crippen LogP contribution in [0.3, 0.4) is 0 Å². The van der Waals surface area contributed by atoms with Crippen molar-refractivity contribution >= 4 is 0 Å². The molecule has 178 valence electrons. The molecule has 0 N–H and O–H groups in total. The molecule has 0 fully saturated rings. The van der Waals surface area contributed by atoms with Crippen LogP contribution in [0.2, 0.25) is 0 Å². The average molecular weight is 455 g/mol. The van der Waals surface area contributed by atoms with E-state index in [0.717, 1.165) is 17.2 Å². The Morgan fingerprint density at radius 1 is 0.765 bits per heavy atom. The fraction of sp³-hybridized carbons (Fsp3) is 0.400. The van der Waals surface area contributed by atoms with Gasteiger partial charge in [-0.1, -0.05) is 90.1 Å². The number of nitrogens with zero attached hydrogens (tertiary/aromatic N) is 4. The van der Waals surface area contributed by atoms with E-state index in [0.29, 0.717) is 17.9 Å². The number of hydrogen-bond donors (Lipinski definition) is 0. The molecule has 2 heterocycles. The van der Waals surface area contributed by atoms with Gasteiger partial charge >= 0.3 is 0 Å². The first-order valence-electron chi connectivity index (χ1n) is 12.4. The van der Waals surface area contributed by atoms with Crippen LogP contribution in [0.1, 0.15) is 95.7 Å². The zero-order valence-electron chi connectivity index (χ0n) is 21.9. The molecule has 34 heavy (non-hydrogen) atoms. The van der Waals surface area contributed by atoms with E-state index < -0.39 is 0 Å². The standard InChI is InChI=1S/C30H38N4/c1-20(2)24-15-12-16-25(21(3)4)28(24)34-18-27(30(7,8)23-13-10-9-11-14-23)32-29(34)26-17-33(19-31-26)22(5)6/h9-22H,1-8H3. The lowest BCUT2D eigenvalue weighted by Crippen LogP contribution is -2.19. The topological polar surface area (TPSA) is 35.6 Å². The predicted molar refractivity (Wildman–Crippen MR) is 142 cm³/mol. The lowest BCUT2D eigenvalue weighted by Gasteiger charge is -2.23. The van der Waals surface area contributed by atoms with Crippen molar-refractivity contribution in [3.05, 3.63) is 89.6 Å². The molecule has 0 saturated carbocycles. The smallest absolute Gasteiger partial charge is 0.165 e. The number of para-hydroxylation sites is 1. The fourth-order valence-electron chi connectivity index (χ4n) is 4.56. The van der Waals surface area contributed by atoms with Crippen LogP contribution < -0.4 is 0 Å². The molecule has 0 aliphatic heterocycles. The van der Waals surface area contributed by atoms with E-state index in [1.807, 2.05) is 6.33 Å². The van der Waals surface area contributed by atoms with Gasteiger partial charge in [0.25, 0.3) is 0 Å². The lowest BCUT2D eigenvalue weighted by atomic mass is 9.82. The van der Waals surface area contributed by atoms with E-state index in [2.05, 4.69) is 125 Å². The highest BCUT2D eigenvalue weighted by Gasteiger charge is 2.30. The average Bonchev–Trinajstić information content (AvgIpc) is 3.47. The highest BCUT2D eigenvalue weighted by atomic mass is 15.1. The van der Waals surface area contributed by atoms with Crippen LogP contribution in [0.15, 0.2) is 67.3 Å². The Bertz CT molecular complexity index is 1230. The number of hydrogen-bond acceptors (Lipinski definition) is 2. The summed E-state index contributed by atoms with van der Waals surface area (Å²) in [7, 11) is 0. The molecule has 4 heteroatoms. The van der Waals surface area contributed by atoms with Crippen LogP contribution in [-0.2, 0) is 5.41 Å². The third kappa shape index (κ3) is 4.34. The summed E-state index contributed by atoms with van der Waals surface area (Å²) in [4.78, 5) is 10.1. The SMILES string of the molecule is CC(C)c1cccc(C(C)C)c1-n1cc(C(C)(C)c2ccccc2)nc1-c1cn(C(C)C)cn1. The maximum absolute atomic E-state index is 5.27. The van der Waals surface area contributed by atoms with E-state index in [4.69, 9.17) is 9.97 Å². The van der Waals surface area contributed by atoms with Gasteiger partial charge in [-0.25, -0.2) is 9.97 Å². The number of imidazole rings is 2. The molecular formula is C30H38N4. The largest absolute Gasteiger partial charge is 0.334 e. The van der Waals surface area contributed by atoms with Crippen LogP contribution in [-0.4, -0.2) is 19.1 Å². The second-order valence-corrected chi connectivity index (χ2v) is 10.7. The summed E-state index contributed by atoms with van der Waals surface area (Å²) in [5, 5.41) is 0. The molecular weight excluding hydrogens is 416 g/mol. The molecule has 4 rings (SSSR count). The molecule has 0 bridgehead atoms. The van der Waals surface area contributed by atoms with Crippen LogP contribution in [0.25, 0.3) is 17.2 Å². The zero-order chi connectivity index (χ0) is 24.6. The number of rotatable bonds is 7. The third-order valence-electron chi connectivity index (χ3n) is 6.85. The maximum Gasteiger partial charge on any atom is 0.165 e. The van der Waals surface area contributed by atoms with Crippen LogP contribution in [0.4, 0.5) is 0 Å². The van der Waals surface area contributed by atoms with Gasteiger partial charge in [0.2, 0.25) is 0 Å². The molecule has 0 unspecified atom stereocenters. The molecule has 0 aliphatic rings. The van der Waals surface area contributed by atoms with Crippen LogP contribution in [0, 0.1) is 0 Å². The highest BCUT2D eigenvalue weighted by molar-refractivity contribution is 5.61. The van der Waals surface area contributed by atoms with Gasteiger partial charge in [0, 0.05) is 23.9 Å². The quantitative estimate of drug-likeness (QED) is 0.285. The van der Waals surface area contributed by atoms with Crippen molar-refractivity contribution in [2.24, 2.45) is 0 Å². The second-order valence-electron chi connectivity index (χ2n) is 10.7. The molecule has 2 aromatic carbocycles. The first kappa shape index (κ1) is 24.0. The van der Waals surface area contributed by atoms with E-state index in [9.17, 15) is 0 Å². The van der Waals surface area contributed by atoms with E-state index >= 15 is 0 Å². The first-order valence-corrected chi connectivity index (χ1v) is 12.4. The van der Waals surface area contributed by atoms with Crippen molar-refractivity contribution in [1.82, 2.24) is 19.1 Å². The first-order chi connectivity index (χ1) is 16.1. The summed E-state index contributed by atoms with van der Waals surface area (Å²) < 4.78 is 4.45. The van der Waals surface area contributed by atoms with E-state index in [1.165, 1.54) is 22.4 Å². The molecule has 4 nitrogen and oxygen atoms in total. The molecule has 0 atom stereocenters. The molecule has 0 radical (unpaired) electrons. The molecule has 0 spiro atoms. The van der Waals surface area contributed by atoms with E-state index in [-0.39, 0.29) is 5.41 Å². The Kier molecular flexibility index (Phi) is 6.53. The molecule has 0 aliphatic carbocycles. The van der Waals surface area contributed by atoms with Gasteiger partial charge < -0.3 is 4.57 Å². The van der Waals surface area contributed by atoms with Crippen LogP contribution >= 0.6 is 0 Å². The molecule has 0 saturated heterocycles. The van der Waals surface area contributed by atoms with Crippen molar-refractivity contribution in [2.45, 2.75) is 78.7 Å². The normalized spacial score (nSPS) is 12.3. The van der Waals surface area contributed by atoms with Crippen molar-refractivity contribution < 1.29 is 0 Å². The summed E-state index contributed by atoms with van der Waals surface area (Å²) in [5.74, 6) is 1.68. The van der Waals surface area contributed by atoms with Gasteiger partial charge in [0.05, 0.1) is 17.7 Å². The van der Waals surface area contributed by atoms with E-state index in [1.54, 1.807) is 0 Å². The summed E-state index contributed by atoms with van der Waals surface area (Å²) >= 11 is 0. The maximum atomic E-state index is 5.27.